The molecule has 3 heteroatoms. The van der Waals surface area contributed by atoms with Crippen LogP contribution in [0.5, 0.6) is 5.75 Å². The number of anilines is 1. The second-order valence-electron chi connectivity index (χ2n) is 5.43. The lowest BCUT2D eigenvalue weighted by atomic mass is 9.86. The van der Waals surface area contributed by atoms with Crippen molar-refractivity contribution < 1.29 is 4.74 Å². The Kier molecular flexibility index (Phi) is 3.16. The van der Waals surface area contributed by atoms with Crippen molar-refractivity contribution in [2.45, 2.75) is 33.1 Å². The van der Waals surface area contributed by atoms with Crippen LogP contribution in [0.1, 0.15) is 33.3 Å². The van der Waals surface area contributed by atoms with E-state index >= 15 is 0 Å². The first-order valence-corrected chi connectivity index (χ1v) is 6.26. The fourth-order valence-corrected chi connectivity index (χ4v) is 2.06. The maximum absolute atomic E-state index is 6.07. The van der Waals surface area contributed by atoms with Gasteiger partial charge in [0.15, 0.2) is 0 Å². The van der Waals surface area contributed by atoms with Crippen molar-refractivity contribution >= 4 is 16.7 Å². The number of hydrogen-bond acceptors (Lipinski definition) is 3. The van der Waals surface area contributed by atoms with Crippen LogP contribution in [0, 0.1) is 0 Å². The highest BCUT2D eigenvalue weighted by Gasteiger charge is 2.19. The summed E-state index contributed by atoms with van der Waals surface area (Å²) in [5.74, 6) is 1.38. The number of aromatic nitrogens is 1. The van der Waals surface area contributed by atoms with E-state index < -0.39 is 0 Å². The molecule has 0 saturated heterocycles. The van der Waals surface area contributed by atoms with Crippen molar-refractivity contribution in [3.8, 4) is 5.75 Å². The third kappa shape index (κ3) is 2.26. The molecule has 0 spiro atoms. The van der Waals surface area contributed by atoms with Crippen LogP contribution in [-0.4, -0.2) is 11.6 Å². The topological polar surface area (TPSA) is 48.1 Å². The zero-order valence-electron chi connectivity index (χ0n) is 11.4. The average Bonchev–Trinajstić information content (AvgIpc) is 2.28. The molecule has 18 heavy (non-hydrogen) atoms. The summed E-state index contributed by atoms with van der Waals surface area (Å²) in [5.41, 5.74) is 7.97. The molecule has 1 aromatic carbocycles. The summed E-state index contributed by atoms with van der Waals surface area (Å²) in [5, 5.41) is 1.07. The van der Waals surface area contributed by atoms with E-state index in [9.17, 15) is 0 Å². The summed E-state index contributed by atoms with van der Waals surface area (Å²) in [6, 6.07) is 8.06. The maximum atomic E-state index is 6.07. The molecule has 3 nitrogen and oxygen atoms in total. The molecular formula is C15H20N2O. The summed E-state index contributed by atoms with van der Waals surface area (Å²) < 4.78 is 5.58. The fourth-order valence-electron chi connectivity index (χ4n) is 2.06. The van der Waals surface area contributed by atoms with E-state index in [2.05, 4.69) is 31.8 Å². The number of benzene rings is 1. The van der Waals surface area contributed by atoms with Crippen molar-refractivity contribution in [2.75, 3.05) is 12.3 Å². The molecule has 0 atom stereocenters. The molecule has 0 saturated carbocycles. The van der Waals surface area contributed by atoms with Crippen LogP contribution >= 0.6 is 0 Å². The molecule has 0 aliphatic rings. The minimum absolute atomic E-state index is 0.00705. The highest BCUT2D eigenvalue weighted by atomic mass is 16.5. The molecule has 2 aromatic rings. The number of nitrogen functional groups attached to an aromatic ring is 1. The Morgan fingerprint density at radius 3 is 2.61 bits per heavy atom. The fraction of sp³-hybridized carbons (Fsp3) is 0.400. The van der Waals surface area contributed by atoms with Gasteiger partial charge in [-0.3, -0.25) is 0 Å². The molecular weight excluding hydrogens is 224 g/mol. The van der Waals surface area contributed by atoms with Gasteiger partial charge in [0, 0.05) is 10.9 Å². The highest BCUT2D eigenvalue weighted by Crippen LogP contribution is 2.32. The molecule has 0 aliphatic carbocycles. The number of rotatable bonds is 2. The van der Waals surface area contributed by atoms with Gasteiger partial charge in [0.1, 0.15) is 17.1 Å². The molecule has 2 rings (SSSR count). The Hall–Kier alpha value is -1.77. The van der Waals surface area contributed by atoms with Gasteiger partial charge in [-0.25, -0.2) is 4.98 Å². The zero-order chi connectivity index (χ0) is 13.3. The summed E-state index contributed by atoms with van der Waals surface area (Å²) in [4.78, 5) is 4.51. The first kappa shape index (κ1) is 12.7. The standard InChI is InChI=1S/C15H20N2O/c1-5-18-12-8-6-7-10-9-11(15(2,3)4)14(16)17-13(10)12/h6-9H,5H2,1-4H3,(H2,16,17). The van der Waals surface area contributed by atoms with Crippen molar-refractivity contribution in [2.24, 2.45) is 0 Å². The first-order valence-electron chi connectivity index (χ1n) is 6.26. The Bertz CT molecular complexity index is 570. The monoisotopic (exact) mass is 244 g/mol. The average molecular weight is 244 g/mol. The van der Waals surface area contributed by atoms with E-state index in [1.165, 1.54) is 0 Å². The largest absolute Gasteiger partial charge is 0.492 e. The zero-order valence-corrected chi connectivity index (χ0v) is 11.4. The number of nitrogens with two attached hydrogens (primary N) is 1. The molecule has 2 N–H and O–H groups in total. The van der Waals surface area contributed by atoms with Gasteiger partial charge < -0.3 is 10.5 Å². The van der Waals surface area contributed by atoms with Crippen molar-refractivity contribution in [3.63, 3.8) is 0 Å². The molecule has 0 amide bonds. The van der Waals surface area contributed by atoms with E-state index in [4.69, 9.17) is 10.5 Å². The van der Waals surface area contributed by atoms with E-state index in [0.29, 0.717) is 12.4 Å². The number of nitrogens with zero attached hydrogens (tertiary/aromatic N) is 1. The molecule has 0 bridgehead atoms. The van der Waals surface area contributed by atoms with Crippen molar-refractivity contribution in [3.05, 3.63) is 29.8 Å². The van der Waals surface area contributed by atoms with Crippen LogP contribution < -0.4 is 10.5 Å². The summed E-state index contributed by atoms with van der Waals surface area (Å²) in [7, 11) is 0. The number of fused-ring (bicyclic) bond motifs is 1. The maximum Gasteiger partial charge on any atom is 0.145 e. The smallest absolute Gasteiger partial charge is 0.145 e. The van der Waals surface area contributed by atoms with Gasteiger partial charge in [-0.2, -0.15) is 0 Å². The van der Waals surface area contributed by atoms with Crippen LogP contribution in [0.2, 0.25) is 0 Å². The van der Waals surface area contributed by atoms with Gasteiger partial charge in [0.25, 0.3) is 0 Å². The highest BCUT2D eigenvalue weighted by molar-refractivity contribution is 5.87. The number of hydrogen-bond donors (Lipinski definition) is 1. The van der Waals surface area contributed by atoms with Crippen LogP contribution in [-0.2, 0) is 5.41 Å². The van der Waals surface area contributed by atoms with Gasteiger partial charge in [-0.1, -0.05) is 32.9 Å². The first-order chi connectivity index (χ1) is 8.43. The predicted molar refractivity (Wildman–Crippen MR) is 76.0 cm³/mol. The lowest BCUT2D eigenvalue weighted by molar-refractivity contribution is 0.343. The lowest BCUT2D eigenvalue weighted by Crippen LogP contribution is -2.15. The number of pyridine rings is 1. The van der Waals surface area contributed by atoms with E-state index in [1.54, 1.807) is 0 Å². The third-order valence-corrected chi connectivity index (χ3v) is 2.95. The molecule has 96 valence electrons. The molecule has 0 radical (unpaired) electrons. The number of para-hydroxylation sites is 1. The van der Waals surface area contributed by atoms with E-state index in [-0.39, 0.29) is 5.41 Å². The summed E-state index contributed by atoms with van der Waals surface area (Å²) in [6.45, 7) is 9.00. The molecule has 1 aromatic heterocycles. The van der Waals surface area contributed by atoms with E-state index in [0.717, 1.165) is 22.2 Å². The van der Waals surface area contributed by atoms with Gasteiger partial charge in [0.2, 0.25) is 0 Å². The molecule has 0 unspecified atom stereocenters. The quantitative estimate of drug-likeness (QED) is 0.879. The minimum Gasteiger partial charge on any atom is -0.492 e. The predicted octanol–water partition coefficient (Wildman–Crippen LogP) is 3.51. The lowest BCUT2D eigenvalue weighted by Gasteiger charge is -2.21. The molecule has 0 aliphatic heterocycles. The van der Waals surface area contributed by atoms with Gasteiger partial charge in [0.05, 0.1) is 6.61 Å². The number of ether oxygens (including phenoxy) is 1. The van der Waals surface area contributed by atoms with Gasteiger partial charge in [-0.05, 0) is 24.5 Å². The van der Waals surface area contributed by atoms with Crippen LogP contribution in [0.4, 0.5) is 5.82 Å². The normalized spacial score (nSPS) is 11.8. The summed E-state index contributed by atoms with van der Waals surface area (Å²) >= 11 is 0. The van der Waals surface area contributed by atoms with Crippen molar-refractivity contribution in [1.82, 2.24) is 4.98 Å². The Balaban J connectivity index is 2.67. The van der Waals surface area contributed by atoms with Crippen LogP contribution in [0.15, 0.2) is 24.3 Å². The van der Waals surface area contributed by atoms with E-state index in [1.807, 2.05) is 25.1 Å². The van der Waals surface area contributed by atoms with Crippen LogP contribution in [0.25, 0.3) is 10.9 Å². The Labute approximate surface area is 108 Å². The third-order valence-electron chi connectivity index (χ3n) is 2.95. The summed E-state index contributed by atoms with van der Waals surface area (Å²) in [6.07, 6.45) is 0. The Morgan fingerprint density at radius 1 is 1.28 bits per heavy atom. The Morgan fingerprint density at radius 2 is 2.00 bits per heavy atom. The van der Waals surface area contributed by atoms with Crippen LogP contribution in [0.3, 0.4) is 0 Å². The van der Waals surface area contributed by atoms with Gasteiger partial charge in [-0.15, -0.1) is 0 Å². The minimum atomic E-state index is -0.00705. The SMILES string of the molecule is CCOc1cccc2cc(C(C)(C)C)c(N)nc12. The molecule has 1 heterocycles. The van der Waals surface area contributed by atoms with Gasteiger partial charge >= 0.3 is 0 Å². The molecule has 0 fully saturated rings. The second-order valence-corrected chi connectivity index (χ2v) is 5.43. The van der Waals surface area contributed by atoms with Crippen molar-refractivity contribution in [1.29, 1.82) is 0 Å². The second kappa shape index (κ2) is 4.48.